The highest BCUT2D eigenvalue weighted by Crippen LogP contribution is 2.69. The summed E-state index contributed by atoms with van der Waals surface area (Å²) in [5, 5.41) is 18.4. The third-order valence-electron chi connectivity index (χ3n) is 9.14. The number of benzene rings is 2. The van der Waals surface area contributed by atoms with Crippen molar-refractivity contribution in [1.82, 2.24) is 24.8 Å². The van der Waals surface area contributed by atoms with Gasteiger partial charge < -0.3 is 19.8 Å². The van der Waals surface area contributed by atoms with Crippen LogP contribution < -0.4 is 4.90 Å². The van der Waals surface area contributed by atoms with Crippen LogP contribution in [0.3, 0.4) is 0 Å². The number of fused-ring (bicyclic) bond motifs is 2. The first-order chi connectivity index (χ1) is 20.9. The molecule has 4 heterocycles. The van der Waals surface area contributed by atoms with Gasteiger partial charge in [-0.05, 0) is 36.6 Å². The average molecular weight is 601 g/mol. The van der Waals surface area contributed by atoms with Gasteiger partial charge >= 0.3 is 0 Å². The van der Waals surface area contributed by atoms with Crippen LogP contribution in [0.1, 0.15) is 13.3 Å². The van der Waals surface area contributed by atoms with Crippen LogP contribution in [0.15, 0.2) is 79.9 Å². The zero-order valence-electron chi connectivity index (χ0n) is 24.2. The lowest BCUT2D eigenvalue weighted by Crippen LogP contribution is -2.58. The molecule has 3 amide bonds. The molecule has 3 unspecified atom stereocenters. The number of hydrogen-bond acceptors (Lipinski definition) is 7. The maximum Gasteiger partial charge on any atom is 0.248 e. The lowest BCUT2D eigenvalue weighted by atomic mass is 9.65. The predicted molar refractivity (Wildman–Crippen MR) is 166 cm³/mol. The fraction of sp³-hybridized carbons (Fsp3) is 0.406. The third kappa shape index (κ3) is 4.56. The van der Waals surface area contributed by atoms with Crippen molar-refractivity contribution in [2.24, 2.45) is 17.8 Å². The quantitative estimate of drug-likeness (QED) is 0.337. The van der Waals surface area contributed by atoms with Gasteiger partial charge in [-0.1, -0.05) is 54.6 Å². The standard InChI is InChI=1S/C32H36N6O4S/c1-4-15-35(20-38-24-14-10-9-13-23(24)33-34-38)31(42)28-32-21(3)19-25(43-32)26(27(32)30(41)37(28)17-18-39)29(40)36(16-5-2)22-11-7-6-8-12-22/h4-14,21,25-28,39H,1-2,15-20H2,3H3/t21?,25-,26+,27-,28?,32?/m0/s1. The summed E-state index contributed by atoms with van der Waals surface area (Å²) in [6.07, 6.45) is 4.06. The molecule has 2 bridgehead atoms. The number of rotatable bonds is 11. The predicted octanol–water partition coefficient (Wildman–Crippen LogP) is 2.95. The Kier molecular flexibility index (Phi) is 7.87. The number of aliphatic hydroxyl groups excluding tert-OH is 1. The Bertz CT molecular complexity index is 1560. The number of likely N-dealkylation sites (tertiary alicyclic amines) is 1. The van der Waals surface area contributed by atoms with Crippen LogP contribution in [0.25, 0.3) is 11.0 Å². The fourth-order valence-corrected chi connectivity index (χ4v) is 9.81. The van der Waals surface area contributed by atoms with Gasteiger partial charge in [-0.25, -0.2) is 4.68 Å². The highest BCUT2D eigenvalue weighted by atomic mass is 32.2. The smallest absolute Gasteiger partial charge is 0.248 e. The molecule has 1 aromatic heterocycles. The van der Waals surface area contributed by atoms with Crippen LogP contribution in [0.2, 0.25) is 0 Å². The number of anilines is 1. The van der Waals surface area contributed by atoms with Gasteiger partial charge in [0.1, 0.15) is 18.2 Å². The number of aromatic nitrogens is 3. The zero-order chi connectivity index (χ0) is 30.3. The van der Waals surface area contributed by atoms with E-state index in [4.69, 9.17) is 0 Å². The molecule has 43 heavy (non-hydrogen) atoms. The average Bonchev–Trinajstić information content (AvgIpc) is 3.73. The molecule has 6 atom stereocenters. The maximum absolute atomic E-state index is 14.7. The van der Waals surface area contributed by atoms with E-state index in [1.54, 1.807) is 38.4 Å². The van der Waals surface area contributed by atoms with Gasteiger partial charge in [0.05, 0.1) is 28.7 Å². The van der Waals surface area contributed by atoms with Crippen molar-refractivity contribution < 1.29 is 19.5 Å². The third-order valence-corrected chi connectivity index (χ3v) is 11.2. The number of aliphatic hydroxyl groups is 1. The normalized spacial score (nSPS) is 27.3. The number of amides is 3. The summed E-state index contributed by atoms with van der Waals surface area (Å²) in [5.41, 5.74) is 2.24. The van der Waals surface area contributed by atoms with Gasteiger partial charge in [0, 0.05) is 30.6 Å². The summed E-state index contributed by atoms with van der Waals surface area (Å²) >= 11 is 1.62. The Labute approximate surface area is 255 Å². The van der Waals surface area contributed by atoms with Gasteiger partial charge in [-0.15, -0.1) is 30.0 Å². The van der Waals surface area contributed by atoms with Gasteiger partial charge in [0.25, 0.3) is 0 Å². The number of carbonyl (C=O) groups excluding carboxylic acids is 3. The molecule has 10 nitrogen and oxygen atoms in total. The van der Waals surface area contributed by atoms with E-state index in [0.29, 0.717) is 18.5 Å². The van der Waals surface area contributed by atoms with E-state index in [9.17, 15) is 19.5 Å². The SMILES string of the molecule is C=CCN(Cn1nnc2ccccc21)C(=O)C1N(CCO)C(=O)[C@@H]2[C@H](C(=O)N(CC=C)c3ccccc3)[C@@H]3CC(C)C12S3. The number of nitrogens with zero attached hydrogens (tertiary/aromatic N) is 6. The molecule has 1 spiro atoms. The highest BCUT2D eigenvalue weighted by Gasteiger charge is 2.76. The lowest BCUT2D eigenvalue weighted by molar-refractivity contribution is -0.144. The van der Waals surface area contributed by atoms with E-state index >= 15 is 0 Å². The second-order valence-corrected chi connectivity index (χ2v) is 13.0. The van der Waals surface area contributed by atoms with Crippen molar-refractivity contribution in [1.29, 1.82) is 0 Å². The summed E-state index contributed by atoms with van der Waals surface area (Å²) in [6.45, 7) is 10.2. The van der Waals surface area contributed by atoms with Crippen LogP contribution in [-0.2, 0) is 21.1 Å². The molecular weight excluding hydrogens is 564 g/mol. The van der Waals surface area contributed by atoms with E-state index in [-0.39, 0.29) is 55.3 Å². The van der Waals surface area contributed by atoms with Crippen LogP contribution >= 0.6 is 11.8 Å². The molecule has 3 saturated heterocycles. The number of para-hydroxylation sites is 2. The first kappa shape index (κ1) is 29.1. The Morgan fingerprint density at radius 2 is 1.81 bits per heavy atom. The summed E-state index contributed by atoms with van der Waals surface area (Å²) in [7, 11) is 0. The molecule has 11 heteroatoms. The fourth-order valence-electron chi connectivity index (χ4n) is 7.40. The van der Waals surface area contributed by atoms with E-state index in [1.165, 1.54) is 4.90 Å². The molecule has 1 N–H and O–H groups in total. The monoisotopic (exact) mass is 600 g/mol. The second-order valence-electron chi connectivity index (χ2n) is 11.4. The molecule has 3 aliphatic rings. The van der Waals surface area contributed by atoms with Crippen LogP contribution in [-0.4, -0.2) is 89.9 Å². The molecule has 3 aliphatic heterocycles. The topological polar surface area (TPSA) is 112 Å². The number of thioether (sulfide) groups is 1. The molecule has 3 fully saturated rings. The number of carbonyl (C=O) groups is 3. The molecule has 2 aromatic carbocycles. The van der Waals surface area contributed by atoms with Gasteiger partial charge in [-0.2, -0.15) is 0 Å². The summed E-state index contributed by atoms with van der Waals surface area (Å²) < 4.78 is 0.857. The molecule has 3 aromatic rings. The molecule has 6 rings (SSSR count). The number of hydrogen-bond donors (Lipinski definition) is 1. The van der Waals surface area contributed by atoms with Gasteiger partial charge in [0.2, 0.25) is 17.7 Å². The second kappa shape index (κ2) is 11.6. The molecule has 0 saturated carbocycles. The Morgan fingerprint density at radius 1 is 1.09 bits per heavy atom. The highest BCUT2D eigenvalue weighted by molar-refractivity contribution is 8.02. The largest absolute Gasteiger partial charge is 0.395 e. The molecule has 0 radical (unpaired) electrons. The summed E-state index contributed by atoms with van der Waals surface area (Å²) in [5.74, 6) is -1.91. The van der Waals surface area contributed by atoms with E-state index in [0.717, 1.165) is 11.2 Å². The Hall–Kier alpha value is -3.96. The molecule has 224 valence electrons. The van der Waals surface area contributed by atoms with Crippen LogP contribution in [0, 0.1) is 17.8 Å². The van der Waals surface area contributed by atoms with Crippen LogP contribution in [0.4, 0.5) is 5.69 Å². The van der Waals surface area contributed by atoms with E-state index in [2.05, 4.69) is 30.4 Å². The van der Waals surface area contributed by atoms with Crippen molar-refractivity contribution in [2.75, 3.05) is 31.1 Å². The molecular formula is C32H36N6O4S. The Balaban J connectivity index is 1.38. The summed E-state index contributed by atoms with van der Waals surface area (Å²) in [4.78, 5) is 48.2. The lowest BCUT2D eigenvalue weighted by Gasteiger charge is -2.41. The minimum absolute atomic E-state index is 0.000466. The summed E-state index contributed by atoms with van der Waals surface area (Å²) in [6, 6.07) is 16.1. The zero-order valence-corrected chi connectivity index (χ0v) is 25.0. The maximum atomic E-state index is 14.7. The Morgan fingerprint density at radius 3 is 2.53 bits per heavy atom. The minimum Gasteiger partial charge on any atom is -0.395 e. The van der Waals surface area contributed by atoms with Crippen molar-refractivity contribution >= 4 is 46.2 Å². The minimum atomic E-state index is -0.848. The van der Waals surface area contributed by atoms with Crippen molar-refractivity contribution in [3.8, 4) is 0 Å². The van der Waals surface area contributed by atoms with Gasteiger partial charge in [0.15, 0.2) is 0 Å². The van der Waals surface area contributed by atoms with Crippen molar-refractivity contribution in [2.45, 2.75) is 36.1 Å². The molecule has 0 aliphatic carbocycles. The van der Waals surface area contributed by atoms with Crippen molar-refractivity contribution in [3.05, 3.63) is 79.9 Å². The van der Waals surface area contributed by atoms with Crippen molar-refractivity contribution in [3.63, 3.8) is 0 Å². The van der Waals surface area contributed by atoms with E-state index in [1.807, 2.05) is 54.6 Å². The van der Waals surface area contributed by atoms with Crippen LogP contribution in [0.5, 0.6) is 0 Å². The first-order valence-corrected chi connectivity index (χ1v) is 15.5. The number of β-amino-alcohol motifs (C(OH)–C–C–N with tert-alkyl or cyclic N) is 1. The first-order valence-electron chi connectivity index (χ1n) is 14.6. The van der Waals surface area contributed by atoms with Gasteiger partial charge in [-0.3, -0.25) is 14.4 Å². The van der Waals surface area contributed by atoms with E-state index < -0.39 is 22.6 Å².